The van der Waals surface area contributed by atoms with Crippen LogP contribution in [0, 0.1) is 5.92 Å². The van der Waals surface area contributed by atoms with Crippen LogP contribution in [0.4, 0.5) is 0 Å². The average Bonchev–Trinajstić information content (AvgIpc) is 2.02. The number of hydrogen-bond donors (Lipinski definition) is 1. The maximum Gasteiger partial charge on any atom is 0.0772 e. The first-order chi connectivity index (χ1) is 6.22. The zero-order chi connectivity index (χ0) is 9.68. The van der Waals surface area contributed by atoms with Crippen molar-refractivity contribution < 1.29 is 5.11 Å². The topological polar surface area (TPSA) is 20.2 Å². The van der Waals surface area contributed by atoms with E-state index in [0.29, 0.717) is 5.92 Å². The van der Waals surface area contributed by atoms with Gasteiger partial charge in [-0.15, -0.1) is 0 Å². The molecule has 0 fully saturated rings. The molecule has 1 N–H and O–H groups in total. The van der Waals surface area contributed by atoms with Gasteiger partial charge in [-0.05, 0) is 37.2 Å². The summed E-state index contributed by atoms with van der Waals surface area (Å²) in [6.45, 7) is 4.18. The molecule has 0 amide bonds. The van der Waals surface area contributed by atoms with Crippen molar-refractivity contribution in [2.75, 3.05) is 0 Å². The lowest BCUT2D eigenvalue weighted by atomic mass is 9.91. The Morgan fingerprint density at radius 2 is 1.85 bits per heavy atom. The molecule has 1 nitrogen and oxygen atoms in total. The Balaban J connectivity index is 2.53. The highest BCUT2D eigenvalue weighted by Gasteiger charge is 2.14. The van der Waals surface area contributed by atoms with E-state index in [1.54, 1.807) is 0 Å². The summed E-state index contributed by atoms with van der Waals surface area (Å²) in [5.74, 6) is 0.366. The monoisotopic (exact) mass is 182 g/mol. The first-order valence-corrected chi connectivity index (χ1v) is 5.59. The molecular formula is C12H22O. The summed E-state index contributed by atoms with van der Waals surface area (Å²) in [6, 6.07) is 0. The molecule has 1 heteroatoms. The van der Waals surface area contributed by atoms with Gasteiger partial charge in [0.1, 0.15) is 0 Å². The van der Waals surface area contributed by atoms with Crippen LogP contribution in [-0.4, -0.2) is 11.2 Å². The molecule has 0 aromatic carbocycles. The van der Waals surface area contributed by atoms with Crippen molar-refractivity contribution in [3.63, 3.8) is 0 Å². The minimum Gasteiger partial charge on any atom is -0.388 e. The van der Waals surface area contributed by atoms with Crippen LogP contribution in [0.3, 0.4) is 0 Å². The standard InChI is InChI=1S/C12H22O/c1-10(2)12(13)11-8-6-4-3-5-7-9-11/h8,10,12-13H,3-7,9H2,1-2H3. The average molecular weight is 182 g/mol. The molecule has 1 unspecified atom stereocenters. The Morgan fingerprint density at radius 3 is 2.54 bits per heavy atom. The van der Waals surface area contributed by atoms with E-state index in [0.717, 1.165) is 6.42 Å². The molecule has 0 aromatic rings. The lowest BCUT2D eigenvalue weighted by molar-refractivity contribution is 0.155. The van der Waals surface area contributed by atoms with Gasteiger partial charge in [0.2, 0.25) is 0 Å². The predicted molar refractivity (Wildman–Crippen MR) is 56.6 cm³/mol. The summed E-state index contributed by atoms with van der Waals surface area (Å²) in [7, 11) is 0. The summed E-state index contributed by atoms with van der Waals surface area (Å²) in [5, 5.41) is 9.90. The molecule has 0 radical (unpaired) electrons. The van der Waals surface area contributed by atoms with Gasteiger partial charge in [-0.1, -0.05) is 32.8 Å². The Kier molecular flexibility index (Phi) is 4.51. The van der Waals surface area contributed by atoms with Crippen molar-refractivity contribution in [2.24, 2.45) is 5.92 Å². The molecule has 13 heavy (non-hydrogen) atoms. The zero-order valence-corrected chi connectivity index (χ0v) is 8.92. The lowest BCUT2D eigenvalue weighted by Gasteiger charge is -2.20. The number of aliphatic hydroxyl groups is 1. The molecule has 0 heterocycles. The smallest absolute Gasteiger partial charge is 0.0772 e. The number of rotatable bonds is 2. The maximum atomic E-state index is 9.90. The van der Waals surface area contributed by atoms with Crippen molar-refractivity contribution in [3.8, 4) is 0 Å². The van der Waals surface area contributed by atoms with Gasteiger partial charge in [-0.2, -0.15) is 0 Å². The van der Waals surface area contributed by atoms with E-state index < -0.39 is 0 Å². The molecule has 0 aliphatic heterocycles. The van der Waals surface area contributed by atoms with Crippen LogP contribution in [0.5, 0.6) is 0 Å². The highest BCUT2D eigenvalue weighted by molar-refractivity contribution is 5.09. The van der Waals surface area contributed by atoms with Gasteiger partial charge in [-0.3, -0.25) is 0 Å². The van der Waals surface area contributed by atoms with Gasteiger partial charge >= 0.3 is 0 Å². The Bertz CT molecular complexity index is 170. The highest BCUT2D eigenvalue weighted by Crippen LogP contribution is 2.22. The first-order valence-electron chi connectivity index (χ1n) is 5.59. The van der Waals surface area contributed by atoms with E-state index in [9.17, 15) is 5.11 Å². The first kappa shape index (κ1) is 10.8. The van der Waals surface area contributed by atoms with Gasteiger partial charge in [0.15, 0.2) is 0 Å². The molecule has 0 spiro atoms. The fourth-order valence-corrected chi connectivity index (χ4v) is 1.91. The lowest BCUT2D eigenvalue weighted by Crippen LogP contribution is -2.18. The highest BCUT2D eigenvalue weighted by atomic mass is 16.3. The van der Waals surface area contributed by atoms with E-state index >= 15 is 0 Å². The quantitative estimate of drug-likeness (QED) is 0.650. The van der Waals surface area contributed by atoms with Crippen LogP contribution < -0.4 is 0 Å². The predicted octanol–water partition coefficient (Wildman–Crippen LogP) is 3.28. The number of allylic oxidation sites excluding steroid dienone is 1. The van der Waals surface area contributed by atoms with E-state index in [1.165, 1.54) is 37.7 Å². The number of hydrogen-bond acceptors (Lipinski definition) is 1. The Hall–Kier alpha value is -0.300. The molecule has 1 aliphatic rings. The third-order valence-electron chi connectivity index (χ3n) is 2.84. The van der Waals surface area contributed by atoms with Crippen LogP contribution in [0.1, 0.15) is 52.4 Å². The van der Waals surface area contributed by atoms with Crippen LogP contribution >= 0.6 is 0 Å². The van der Waals surface area contributed by atoms with Crippen molar-refractivity contribution in [3.05, 3.63) is 11.6 Å². The van der Waals surface area contributed by atoms with Crippen molar-refractivity contribution in [2.45, 2.75) is 58.5 Å². The fraction of sp³-hybridized carbons (Fsp3) is 0.833. The van der Waals surface area contributed by atoms with Gasteiger partial charge in [0.05, 0.1) is 6.10 Å². The molecule has 0 bridgehead atoms. The summed E-state index contributed by atoms with van der Waals surface area (Å²) in [4.78, 5) is 0. The minimum atomic E-state index is -0.196. The van der Waals surface area contributed by atoms with Crippen LogP contribution in [-0.2, 0) is 0 Å². The molecule has 0 saturated heterocycles. The normalized spacial score (nSPS) is 22.0. The van der Waals surface area contributed by atoms with Gasteiger partial charge in [-0.25, -0.2) is 0 Å². The van der Waals surface area contributed by atoms with Gasteiger partial charge < -0.3 is 5.11 Å². The van der Waals surface area contributed by atoms with E-state index in [-0.39, 0.29) is 6.10 Å². The Morgan fingerprint density at radius 1 is 1.15 bits per heavy atom. The molecule has 0 saturated carbocycles. The van der Waals surface area contributed by atoms with Crippen LogP contribution in [0.2, 0.25) is 0 Å². The van der Waals surface area contributed by atoms with E-state index in [4.69, 9.17) is 0 Å². The van der Waals surface area contributed by atoms with Gasteiger partial charge in [0, 0.05) is 0 Å². The van der Waals surface area contributed by atoms with Crippen LogP contribution in [0.15, 0.2) is 11.6 Å². The van der Waals surface area contributed by atoms with Crippen LogP contribution in [0.25, 0.3) is 0 Å². The molecular weight excluding hydrogens is 160 g/mol. The van der Waals surface area contributed by atoms with Crippen molar-refractivity contribution >= 4 is 0 Å². The summed E-state index contributed by atoms with van der Waals surface area (Å²) in [5.41, 5.74) is 1.29. The number of aliphatic hydroxyl groups excluding tert-OH is 1. The maximum absolute atomic E-state index is 9.90. The molecule has 76 valence electrons. The summed E-state index contributed by atoms with van der Waals surface area (Å²) in [6.07, 6.45) is 9.61. The molecule has 0 aromatic heterocycles. The fourth-order valence-electron chi connectivity index (χ4n) is 1.91. The molecule has 1 atom stereocenters. The van der Waals surface area contributed by atoms with Crippen molar-refractivity contribution in [1.29, 1.82) is 0 Å². The third-order valence-corrected chi connectivity index (χ3v) is 2.84. The van der Waals surface area contributed by atoms with Gasteiger partial charge in [0.25, 0.3) is 0 Å². The van der Waals surface area contributed by atoms with Crippen molar-refractivity contribution in [1.82, 2.24) is 0 Å². The molecule has 1 aliphatic carbocycles. The SMILES string of the molecule is CC(C)C(O)C1=CCCCCCC1. The second-order valence-corrected chi connectivity index (χ2v) is 4.42. The second kappa shape index (κ2) is 5.43. The van der Waals surface area contributed by atoms with E-state index in [2.05, 4.69) is 19.9 Å². The molecule has 1 rings (SSSR count). The minimum absolute atomic E-state index is 0.196. The largest absolute Gasteiger partial charge is 0.388 e. The second-order valence-electron chi connectivity index (χ2n) is 4.42. The summed E-state index contributed by atoms with van der Waals surface area (Å²) >= 11 is 0. The third kappa shape index (κ3) is 3.51. The Labute approximate surface area is 81.9 Å². The summed E-state index contributed by atoms with van der Waals surface area (Å²) < 4.78 is 0. The zero-order valence-electron chi connectivity index (χ0n) is 8.92. The van der Waals surface area contributed by atoms with E-state index in [1.807, 2.05) is 0 Å².